The van der Waals surface area contributed by atoms with Gasteiger partial charge in [-0.1, -0.05) is 0 Å². The van der Waals surface area contributed by atoms with Crippen LogP contribution in [0.3, 0.4) is 0 Å². The first kappa shape index (κ1) is 14.5. The molecule has 0 aromatic heterocycles. The van der Waals surface area contributed by atoms with Crippen LogP contribution >= 0.6 is 0 Å². The predicted octanol–water partition coefficient (Wildman–Crippen LogP) is 1.14. The smallest absolute Gasteiger partial charge is 0.338 e. The van der Waals surface area contributed by atoms with Gasteiger partial charge in [-0.2, -0.15) is 5.06 Å². The van der Waals surface area contributed by atoms with Gasteiger partial charge in [0.2, 0.25) is 0 Å². The van der Waals surface area contributed by atoms with E-state index in [0.29, 0.717) is 12.0 Å². The minimum Gasteiger partial charge on any atom is -0.469 e. The van der Waals surface area contributed by atoms with Crippen LogP contribution in [0.5, 0.6) is 0 Å². The number of hydrogen-bond donors (Lipinski definition) is 0. The Bertz CT molecular complexity index is 481. The number of hydroxylamine groups is 2. The van der Waals surface area contributed by atoms with Gasteiger partial charge in [0.05, 0.1) is 20.3 Å². The molecule has 0 aromatic rings. The van der Waals surface area contributed by atoms with Gasteiger partial charge in [0, 0.05) is 6.04 Å². The SMILES string of the molecule is COC(=O)[C@@H]1[C@H](C(=O)OC)ON2C3C[C@H]4CC(C[C@@H](C3)C4)[C@@H]12. The van der Waals surface area contributed by atoms with E-state index in [1.807, 2.05) is 5.06 Å². The van der Waals surface area contributed by atoms with E-state index in [-0.39, 0.29) is 12.0 Å². The van der Waals surface area contributed by atoms with Gasteiger partial charge in [-0.15, -0.1) is 0 Å². The van der Waals surface area contributed by atoms with Gasteiger partial charge in [0.1, 0.15) is 5.92 Å². The van der Waals surface area contributed by atoms with Gasteiger partial charge in [0.15, 0.2) is 6.10 Å². The van der Waals surface area contributed by atoms with Gasteiger partial charge in [-0.25, -0.2) is 4.79 Å². The maximum absolute atomic E-state index is 12.4. The Morgan fingerprint density at radius 3 is 2.18 bits per heavy atom. The molecule has 7 atom stereocenters. The molecule has 4 bridgehead atoms. The minimum atomic E-state index is -0.861. The molecule has 5 fully saturated rings. The molecular formula is C16H23NO5. The molecule has 0 aromatic carbocycles. The zero-order valence-electron chi connectivity index (χ0n) is 13.1. The lowest BCUT2D eigenvalue weighted by Gasteiger charge is -2.39. The van der Waals surface area contributed by atoms with Gasteiger partial charge in [-0.3, -0.25) is 9.63 Å². The van der Waals surface area contributed by atoms with Gasteiger partial charge in [0.25, 0.3) is 0 Å². The van der Waals surface area contributed by atoms with Crippen molar-refractivity contribution in [2.24, 2.45) is 23.7 Å². The fourth-order valence-electron chi connectivity index (χ4n) is 5.49. The molecular weight excluding hydrogens is 286 g/mol. The van der Waals surface area contributed by atoms with Crippen molar-refractivity contribution in [2.45, 2.75) is 50.3 Å². The van der Waals surface area contributed by atoms with Crippen LogP contribution in [0, 0.1) is 23.7 Å². The quantitative estimate of drug-likeness (QED) is 0.713. The Hall–Kier alpha value is -1.14. The third kappa shape index (κ3) is 2.00. The second-order valence-electron chi connectivity index (χ2n) is 7.27. The molecule has 3 heterocycles. The Balaban J connectivity index is 1.71. The number of carbonyl (C=O) groups excluding carboxylic acids is 2. The number of carbonyl (C=O) groups is 2. The topological polar surface area (TPSA) is 65.1 Å². The highest BCUT2D eigenvalue weighted by Crippen LogP contribution is 2.54. The first-order valence-electron chi connectivity index (χ1n) is 8.23. The average molecular weight is 309 g/mol. The molecule has 22 heavy (non-hydrogen) atoms. The molecule has 2 saturated carbocycles. The van der Waals surface area contributed by atoms with Crippen LogP contribution in [-0.2, 0) is 23.9 Å². The molecule has 3 saturated heterocycles. The molecule has 0 radical (unpaired) electrons. The van der Waals surface area contributed by atoms with Crippen molar-refractivity contribution in [1.29, 1.82) is 0 Å². The zero-order valence-corrected chi connectivity index (χ0v) is 13.1. The number of hydrogen-bond acceptors (Lipinski definition) is 6. The lowest BCUT2D eigenvalue weighted by atomic mass is 9.66. The van der Waals surface area contributed by atoms with E-state index in [1.54, 1.807) is 0 Å². The third-order valence-corrected chi connectivity index (χ3v) is 6.12. The number of esters is 2. The van der Waals surface area contributed by atoms with Gasteiger partial charge in [-0.05, 0) is 49.9 Å². The molecule has 6 heteroatoms. The van der Waals surface area contributed by atoms with E-state index in [1.165, 1.54) is 20.6 Å². The van der Waals surface area contributed by atoms with Crippen LogP contribution in [0.4, 0.5) is 0 Å². The number of methoxy groups -OCH3 is 2. The standard InChI is InChI=1S/C16H23NO5/c1-20-15(18)12-13-10-4-8-3-9(5-10)7-11(6-8)17(13)22-14(12)16(19)21-2/h8-14H,3-7H2,1-2H3/t8-,9+,10?,11?,12-,13-,14+/m0/s1. The van der Waals surface area contributed by atoms with Crippen molar-refractivity contribution in [3.8, 4) is 0 Å². The summed E-state index contributed by atoms with van der Waals surface area (Å²) in [4.78, 5) is 30.4. The van der Waals surface area contributed by atoms with E-state index in [0.717, 1.165) is 37.5 Å². The first-order chi connectivity index (χ1) is 10.6. The summed E-state index contributed by atoms with van der Waals surface area (Å²) in [7, 11) is 2.71. The Kier molecular flexibility index (Phi) is 3.42. The van der Waals surface area contributed by atoms with Crippen molar-refractivity contribution in [3.05, 3.63) is 0 Å². The molecule has 6 nitrogen and oxygen atoms in total. The normalized spacial score (nSPS) is 46.2. The molecule has 122 valence electrons. The highest BCUT2D eigenvalue weighted by Gasteiger charge is 2.60. The summed E-state index contributed by atoms with van der Waals surface area (Å²) >= 11 is 0. The second kappa shape index (κ2) is 5.20. The van der Waals surface area contributed by atoms with E-state index in [2.05, 4.69) is 0 Å². The zero-order chi connectivity index (χ0) is 15.4. The van der Waals surface area contributed by atoms with Crippen LogP contribution in [0.2, 0.25) is 0 Å². The lowest BCUT2D eigenvalue weighted by Crippen LogP contribution is -2.44. The molecule has 0 spiro atoms. The molecule has 5 rings (SSSR count). The fourth-order valence-corrected chi connectivity index (χ4v) is 5.49. The largest absolute Gasteiger partial charge is 0.469 e. The van der Waals surface area contributed by atoms with Crippen LogP contribution in [-0.4, -0.2) is 49.4 Å². The summed E-state index contributed by atoms with van der Waals surface area (Å²) < 4.78 is 9.83. The Morgan fingerprint density at radius 1 is 0.955 bits per heavy atom. The monoisotopic (exact) mass is 309 g/mol. The van der Waals surface area contributed by atoms with E-state index in [9.17, 15) is 9.59 Å². The predicted molar refractivity (Wildman–Crippen MR) is 75.4 cm³/mol. The summed E-state index contributed by atoms with van der Waals surface area (Å²) in [6.07, 6.45) is 4.96. The molecule has 0 N–H and O–H groups in total. The Labute approximate surface area is 130 Å². The summed E-state index contributed by atoms with van der Waals surface area (Å²) in [6.45, 7) is 0. The molecule has 3 aliphatic heterocycles. The maximum atomic E-state index is 12.4. The Morgan fingerprint density at radius 2 is 1.59 bits per heavy atom. The highest BCUT2D eigenvalue weighted by atomic mass is 16.7. The number of ether oxygens (including phenoxy) is 2. The molecule has 2 aliphatic carbocycles. The number of rotatable bonds is 2. The van der Waals surface area contributed by atoms with Crippen molar-refractivity contribution >= 4 is 11.9 Å². The summed E-state index contributed by atoms with van der Waals surface area (Å²) in [5.41, 5.74) is 0. The summed E-state index contributed by atoms with van der Waals surface area (Å²) in [6, 6.07) is 0.278. The van der Waals surface area contributed by atoms with Gasteiger partial charge >= 0.3 is 11.9 Å². The number of nitrogens with zero attached hydrogens (tertiary/aromatic N) is 1. The van der Waals surface area contributed by atoms with Crippen molar-refractivity contribution < 1.29 is 23.9 Å². The van der Waals surface area contributed by atoms with E-state index in [4.69, 9.17) is 14.3 Å². The fraction of sp³-hybridized carbons (Fsp3) is 0.875. The lowest BCUT2D eigenvalue weighted by molar-refractivity contribution is -0.206. The average Bonchev–Trinajstić information content (AvgIpc) is 2.85. The van der Waals surface area contributed by atoms with Crippen molar-refractivity contribution in [3.63, 3.8) is 0 Å². The molecule has 0 amide bonds. The van der Waals surface area contributed by atoms with Crippen LogP contribution in [0.25, 0.3) is 0 Å². The third-order valence-electron chi connectivity index (χ3n) is 6.12. The van der Waals surface area contributed by atoms with Crippen molar-refractivity contribution in [1.82, 2.24) is 5.06 Å². The molecule has 5 aliphatic rings. The summed E-state index contributed by atoms with van der Waals surface area (Å²) in [5.74, 6) is 0.490. The summed E-state index contributed by atoms with van der Waals surface area (Å²) in [5, 5.41) is 1.98. The van der Waals surface area contributed by atoms with Crippen molar-refractivity contribution in [2.75, 3.05) is 14.2 Å². The first-order valence-corrected chi connectivity index (χ1v) is 8.23. The maximum Gasteiger partial charge on any atom is 0.338 e. The highest BCUT2D eigenvalue weighted by molar-refractivity contribution is 5.85. The minimum absolute atomic E-state index is 0.0446. The van der Waals surface area contributed by atoms with Gasteiger partial charge < -0.3 is 9.47 Å². The van der Waals surface area contributed by atoms with Crippen LogP contribution in [0.1, 0.15) is 32.1 Å². The van der Waals surface area contributed by atoms with Crippen LogP contribution < -0.4 is 0 Å². The van der Waals surface area contributed by atoms with E-state index >= 15 is 0 Å². The second-order valence-corrected chi connectivity index (χ2v) is 7.27. The molecule has 2 unspecified atom stereocenters. The van der Waals surface area contributed by atoms with E-state index < -0.39 is 18.0 Å². The van der Waals surface area contributed by atoms with Crippen LogP contribution in [0.15, 0.2) is 0 Å².